The number of carboxylic acids is 1. The molecule has 0 fully saturated rings. The zero-order chi connectivity index (χ0) is 19.0. The van der Waals surface area contributed by atoms with Crippen molar-refractivity contribution < 1.29 is 25.4 Å². The summed E-state index contributed by atoms with van der Waals surface area (Å²) in [6, 6.07) is 0. The molecule has 0 bridgehead atoms. The molecule has 0 aliphatic heterocycles. The summed E-state index contributed by atoms with van der Waals surface area (Å²) in [6.07, 6.45) is 18.0. The van der Waals surface area contributed by atoms with E-state index in [4.69, 9.17) is 10.2 Å². The van der Waals surface area contributed by atoms with Crippen LogP contribution >= 0.6 is 0 Å². The minimum atomic E-state index is -0.916. The zero-order valence-corrected chi connectivity index (χ0v) is 16.3. The Labute approximate surface area is 154 Å². The van der Waals surface area contributed by atoms with Crippen LogP contribution in [0, 0.1) is 0 Å². The van der Waals surface area contributed by atoms with Crippen LogP contribution in [0.5, 0.6) is 0 Å². The molecular formula is C20H41NO4. The summed E-state index contributed by atoms with van der Waals surface area (Å²) in [5, 5.41) is 28.4. The van der Waals surface area contributed by atoms with Gasteiger partial charge in [0, 0.05) is 5.97 Å². The first-order valence-corrected chi connectivity index (χ1v) is 10.1. The van der Waals surface area contributed by atoms with E-state index in [9.17, 15) is 9.90 Å². The number of carbonyl (C=O) groups excluding carboxylic acids is 1. The van der Waals surface area contributed by atoms with Crippen molar-refractivity contribution in [3.05, 3.63) is 12.2 Å². The van der Waals surface area contributed by atoms with E-state index in [1.807, 2.05) is 5.32 Å². The molecule has 0 aliphatic carbocycles. The molecule has 0 aromatic rings. The van der Waals surface area contributed by atoms with E-state index in [1.54, 1.807) is 0 Å². The van der Waals surface area contributed by atoms with Crippen LogP contribution < -0.4 is 10.4 Å². The largest absolute Gasteiger partial charge is 0.550 e. The number of carbonyl (C=O) groups is 1. The zero-order valence-electron chi connectivity index (χ0n) is 16.3. The molecule has 5 heteroatoms. The topological polar surface area (TPSA) is 97.2 Å². The van der Waals surface area contributed by atoms with Gasteiger partial charge in [0.2, 0.25) is 0 Å². The van der Waals surface area contributed by atoms with Crippen molar-refractivity contribution in [3.8, 4) is 0 Å². The van der Waals surface area contributed by atoms with E-state index < -0.39 is 5.97 Å². The summed E-state index contributed by atoms with van der Waals surface area (Å²) in [4.78, 5) is 10.2. The molecule has 150 valence electrons. The fourth-order valence-electron chi connectivity index (χ4n) is 2.31. The van der Waals surface area contributed by atoms with Crippen LogP contribution in [0.1, 0.15) is 84.0 Å². The molecule has 4 N–H and O–H groups in total. The third-order valence-electron chi connectivity index (χ3n) is 3.81. The average Bonchev–Trinajstić information content (AvgIpc) is 2.60. The van der Waals surface area contributed by atoms with Gasteiger partial charge < -0.3 is 25.4 Å². The molecule has 0 aromatic carbocycles. The minimum absolute atomic E-state index is 0.194. The normalized spacial score (nSPS) is 10.7. The van der Waals surface area contributed by atoms with Crippen molar-refractivity contribution in [2.45, 2.75) is 84.0 Å². The van der Waals surface area contributed by atoms with E-state index >= 15 is 0 Å². The number of hydrogen-bond acceptors (Lipinski definition) is 4. The maximum absolute atomic E-state index is 10.2. The SMILES string of the molecule is CCCCCC/C=C\CCCCCCCC(=O)[O-].OCC[NH2+]CCO. The van der Waals surface area contributed by atoms with Crippen LogP contribution in [-0.4, -0.2) is 42.5 Å². The highest BCUT2D eigenvalue weighted by atomic mass is 16.4. The van der Waals surface area contributed by atoms with Gasteiger partial charge in [0.1, 0.15) is 0 Å². The maximum Gasteiger partial charge on any atom is 0.0991 e. The van der Waals surface area contributed by atoms with Crippen molar-refractivity contribution in [1.82, 2.24) is 0 Å². The summed E-state index contributed by atoms with van der Waals surface area (Å²) in [6.45, 7) is 4.02. The number of nitrogens with two attached hydrogens (primary N) is 1. The van der Waals surface area contributed by atoms with Gasteiger partial charge in [-0.05, 0) is 38.5 Å². The first-order valence-electron chi connectivity index (χ1n) is 10.1. The van der Waals surface area contributed by atoms with E-state index in [1.165, 1.54) is 51.4 Å². The van der Waals surface area contributed by atoms with Gasteiger partial charge in [-0.15, -0.1) is 0 Å². The highest BCUT2D eigenvalue weighted by Crippen LogP contribution is 2.08. The van der Waals surface area contributed by atoms with E-state index in [2.05, 4.69) is 19.1 Å². The van der Waals surface area contributed by atoms with E-state index in [0.29, 0.717) is 13.1 Å². The van der Waals surface area contributed by atoms with Crippen LogP contribution in [0.25, 0.3) is 0 Å². The lowest BCUT2D eigenvalue weighted by Crippen LogP contribution is -2.85. The second-order valence-electron chi connectivity index (χ2n) is 6.31. The van der Waals surface area contributed by atoms with Crippen molar-refractivity contribution in [3.63, 3.8) is 0 Å². The van der Waals surface area contributed by atoms with Crippen molar-refractivity contribution in [2.75, 3.05) is 26.3 Å². The molecule has 0 rings (SSSR count). The minimum Gasteiger partial charge on any atom is -0.550 e. The van der Waals surface area contributed by atoms with Gasteiger partial charge >= 0.3 is 0 Å². The van der Waals surface area contributed by atoms with Gasteiger partial charge in [0.25, 0.3) is 0 Å². The summed E-state index contributed by atoms with van der Waals surface area (Å²) < 4.78 is 0. The first-order chi connectivity index (χ1) is 12.2. The number of aliphatic hydroxyl groups excluding tert-OH is 2. The molecule has 0 saturated heterocycles. The lowest BCUT2D eigenvalue weighted by molar-refractivity contribution is -0.657. The summed E-state index contributed by atoms with van der Waals surface area (Å²) in [7, 11) is 0. The smallest absolute Gasteiger partial charge is 0.0991 e. The molecule has 0 aromatic heterocycles. The van der Waals surface area contributed by atoms with Crippen LogP contribution in [0.3, 0.4) is 0 Å². The second-order valence-corrected chi connectivity index (χ2v) is 6.31. The number of allylic oxidation sites excluding steroid dienone is 2. The van der Waals surface area contributed by atoms with Crippen LogP contribution in [0.4, 0.5) is 0 Å². The molecule has 0 unspecified atom stereocenters. The van der Waals surface area contributed by atoms with E-state index in [0.717, 1.165) is 19.3 Å². The fourth-order valence-corrected chi connectivity index (χ4v) is 2.31. The number of carboxylic acid groups (broad SMARTS) is 1. The number of aliphatic carboxylic acids is 1. The molecule has 0 amide bonds. The van der Waals surface area contributed by atoms with Crippen molar-refractivity contribution >= 4 is 5.97 Å². The van der Waals surface area contributed by atoms with Crippen LogP contribution in [0.15, 0.2) is 12.2 Å². The fraction of sp³-hybridized carbons (Fsp3) is 0.850. The first kappa shape index (κ1) is 26.3. The van der Waals surface area contributed by atoms with Gasteiger partial charge in [-0.2, -0.15) is 0 Å². The molecule has 0 aliphatic rings. The third-order valence-corrected chi connectivity index (χ3v) is 3.81. The molecule has 0 saturated carbocycles. The Morgan fingerprint density at radius 1 is 0.840 bits per heavy atom. The number of rotatable bonds is 17. The van der Waals surface area contributed by atoms with Crippen LogP contribution in [-0.2, 0) is 4.79 Å². The Hall–Kier alpha value is -0.910. The molecule has 0 atom stereocenters. The molecule has 5 nitrogen and oxygen atoms in total. The summed E-state index contributed by atoms with van der Waals surface area (Å²) in [5.41, 5.74) is 0. The highest BCUT2D eigenvalue weighted by molar-refractivity contribution is 5.63. The number of unbranched alkanes of at least 4 members (excludes halogenated alkanes) is 9. The van der Waals surface area contributed by atoms with Gasteiger partial charge in [-0.25, -0.2) is 0 Å². The maximum atomic E-state index is 10.2. The number of hydrogen-bond donors (Lipinski definition) is 3. The monoisotopic (exact) mass is 359 g/mol. The molecule has 0 radical (unpaired) electrons. The summed E-state index contributed by atoms with van der Waals surface area (Å²) in [5.74, 6) is -0.916. The lowest BCUT2D eigenvalue weighted by atomic mass is 10.1. The Kier molecular flexibility index (Phi) is 26.7. The Morgan fingerprint density at radius 2 is 1.32 bits per heavy atom. The number of aliphatic hydroxyl groups is 2. The lowest BCUT2D eigenvalue weighted by Gasteiger charge is -2.01. The number of quaternary nitrogens is 1. The van der Waals surface area contributed by atoms with Crippen molar-refractivity contribution in [1.29, 1.82) is 0 Å². The predicted molar refractivity (Wildman–Crippen MR) is 101 cm³/mol. The highest BCUT2D eigenvalue weighted by Gasteiger charge is 1.91. The molecular weight excluding hydrogens is 318 g/mol. The van der Waals surface area contributed by atoms with Crippen molar-refractivity contribution in [2.24, 2.45) is 0 Å². The molecule has 0 spiro atoms. The second kappa shape index (κ2) is 25.3. The molecule has 0 heterocycles. The summed E-state index contributed by atoms with van der Waals surface area (Å²) >= 11 is 0. The quantitative estimate of drug-likeness (QED) is 0.271. The van der Waals surface area contributed by atoms with Gasteiger partial charge in [0.05, 0.1) is 26.3 Å². The Morgan fingerprint density at radius 3 is 1.80 bits per heavy atom. The predicted octanol–water partition coefficient (Wildman–Crippen LogP) is 1.53. The van der Waals surface area contributed by atoms with Gasteiger partial charge in [-0.1, -0.05) is 57.6 Å². The van der Waals surface area contributed by atoms with Crippen LogP contribution in [0.2, 0.25) is 0 Å². The third kappa shape index (κ3) is 31.4. The standard InChI is InChI=1S/C16H30O2.C4H11NO2/c1-2-3-4-5-6-7-8-9-10-11-12-13-14-15-16(17)18;6-3-1-5-2-4-7/h7-8H,2-6,9-15H2,1H3,(H,17,18);5-7H,1-4H2/b8-7-;. The average molecular weight is 360 g/mol. The Balaban J connectivity index is 0. The van der Waals surface area contributed by atoms with Gasteiger partial charge in [0.15, 0.2) is 0 Å². The Bertz CT molecular complexity index is 279. The molecule has 25 heavy (non-hydrogen) atoms. The van der Waals surface area contributed by atoms with E-state index in [-0.39, 0.29) is 19.6 Å². The van der Waals surface area contributed by atoms with Gasteiger partial charge in [-0.3, -0.25) is 0 Å².